The van der Waals surface area contributed by atoms with Crippen molar-refractivity contribution < 1.29 is 0 Å². The van der Waals surface area contributed by atoms with Crippen LogP contribution in [0.5, 0.6) is 0 Å². The van der Waals surface area contributed by atoms with Gasteiger partial charge in [-0.25, -0.2) is 9.97 Å². The minimum Gasteiger partial charge on any atom is -0.310 e. The monoisotopic (exact) mass is 993 g/mol. The predicted octanol–water partition coefficient (Wildman–Crippen LogP) is 19.2. The SMILES string of the molecule is c1ccc(-c2ccc(-c3ccc(N(c4ccc5c(c4)c4ccccc4n5-c4ccc(-c5nc6ccccc6s5)cc4)c4ccc5c(c4)c4ccccc4n5-c4ccc(-c5nc6ccccc6s5)cc4)cc3)cc2)cc1. The van der Waals surface area contributed by atoms with Crippen molar-refractivity contribution in [3.63, 3.8) is 0 Å². The highest BCUT2D eigenvalue weighted by molar-refractivity contribution is 7.22. The standard InChI is InChI=1S/C68H43N5S2/c1-2-12-44(13-3-1)45-22-24-46(25-23-45)47-26-32-50(33-27-47)71(53-38-40-63-57(42-53)55-14-4-8-18-61(55)72(63)51-34-28-48(29-35-51)67-69-59-16-6-10-20-65(59)74-67)54-39-41-64-58(43-54)56-15-5-9-19-62(56)73(64)52-36-30-49(31-37-52)68-70-60-17-7-11-21-66(60)75-68/h1-43H. The van der Waals surface area contributed by atoms with Gasteiger partial charge in [0.1, 0.15) is 10.0 Å². The van der Waals surface area contributed by atoms with Gasteiger partial charge in [-0.2, -0.15) is 0 Å². The first kappa shape index (κ1) is 43.2. The van der Waals surface area contributed by atoms with Crippen LogP contribution in [0.3, 0.4) is 0 Å². The minimum atomic E-state index is 1.03. The molecule has 4 heterocycles. The maximum Gasteiger partial charge on any atom is 0.124 e. The Balaban J connectivity index is 0.851. The van der Waals surface area contributed by atoms with E-state index in [1.807, 2.05) is 0 Å². The summed E-state index contributed by atoms with van der Waals surface area (Å²) in [5.41, 5.74) is 19.1. The van der Waals surface area contributed by atoms with Gasteiger partial charge in [0, 0.05) is 61.1 Å². The van der Waals surface area contributed by atoms with Crippen LogP contribution in [0, 0.1) is 0 Å². The molecule has 0 aliphatic heterocycles. The number of aromatic nitrogens is 4. The van der Waals surface area contributed by atoms with Gasteiger partial charge in [-0.1, -0.05) is 127 Å². The fourth-order valence-electron chi connectivity index (χ4n) is 11.0. The lowest BCUT2D eigenvalue weighted by Crippen LogP contribution is -2.10. The third-order valence-corrected chi connectivity index (χ3v) is 16.8. The number of thiazole rings is 2. The molecule has 5 nitrogen and oxygen atoms in total. The van der Waals surface area contributed by atoms with E-state index in [0.29, 0.717) is 0 Å². The molecular weight excluding hydrogens is 951 g/mol. The van der Waals surface area contributed by atoms with Gasteiger partial charge in [0.25, 0.3) is 0 Å². The van der Waals surface area contributed by atoms with Crippen molar-refractivity contribution in [3.05, 3.63) is 261 Å². The summed E-state index contributed by atoms with van der Waals surface area (Å²) in [6, 6.07) is 94.4. The number of hydrogen-bond acceptors (Lipinski definition) is 5. The van der Waals surface area contributed by atoms with Gasteiger partial charge < -0.3 is 14.0 Å². The van der Waals surface area contributed by atoms with Gasteiger partial charge in [0.15, 0.2) is 0 Å². The average Bonchev–Trinajstić information content (AvgIpc) is 4.28. The molecule has 0 bridgehead atoms. The Bertz CT molecular complexity index is 4320. The van der Waals surface area contributed by atoms with E-state index < -0.39 is 0 Å². The molecule has 0 saturated carbocycles. The molecule has 7 heteroatoms. The molecule has 0 N–H and O–H groups in total. The molecule has 0 radical (unpaired) electrons. The molecule has 0 fully saturated rings. The molecule has 352 valence electrons. The second-order valence-corrected chi connectivity index (χ2v) is 21.1. The van der Waals surface area contributed by atoms with E-state index in [1.165, 1.54) is 53.2 Å². The summed E-state index contributed by atoms with van der Waals surface area (Å²) in [5.74, 6) is 0. The van der Waals surface area contributed by atoms with Crippen molar-refractivity contribution in [2.45, 2.75) is 0 Å². The van der Waals surface area contributed by atoms with Crippen LogP contribution >= 0.6 is 22.7 Å². The van der Waals surface area contributed by atoms with Gasteiger partial charge in [0.05, 0.1) is 42.5 Å². The Kier molecular flexibility index (Phi) is 10.2. The van der Waals surface area contributed by atoms with E-state index in [-0.39, 0.29) is 0 Å². The Morgan fingerprint density at radius 1 is 0.280 bits per heavy atom. The van der Waals surface area contributed by atoms with Crippen LogP contribution in [0.2, 0.25) is 0 Å². The zero-order valence-electron chi connectivity index (χ0n) is 40.4. The van der Waals surface area contributed by atoms with Crippen LogP contribution in [0.1, 0.15) is 0 Å². The number of hydrogen-bond donors (Lipinski definition) is 0. The summed E-state index contributed by atoms with van der Waals surface area (Å²) in [7, 11) is 0. The van der Waals surface area contributed by atoms with Crippen molar-refractivity contribution >= 4 is 104 Å². The smallest absolute Gasteiger partial charge is 0.124 e. The van der Waals surface area contributed by atoms with Gasteiger partial charge in [-0.3, -0.25) is 0 Å². The molecule has 0 aliphatic carbocycles. The predicted molar refractivity (Wildman–Crippen MR) is 318 cm³/mol. The zero-order chi connectivity index (χ0) is 49.4. The quantitative estimate of drug-likeness (QED) is 0.145. The van der Waals surface area contributed by atoms with Crippen LogP contribution in [0.15, 0.2) is 261 Å². The summed E-state index contributed by atoms with van der Waals surface area (Å²) < 4.78 is 7.18. The van der Waals surface area contributed by atoms with E-state index >= 15 is 0 Å². The normalized spacial score (nSPS) is 11.7. The Morgan fingerprint density at radius 3 is 1.11 bits per heavy atom. The number of benzene rings is 11. The van der Waals surface area contributed by atoms with Crippen LogP contribution in [0.25, 0.3) is 119 Å². The molecule has 0 amide bonds. The molecule has 11 aromatic carbocycles. The van der Waals surface area contributed by atoms with E-state index in [9.17, 15) is 0 Å². The van der Waals surface area contributed by atoms with Crippen molar-refractivity contribution in [2.24, 2.45) is 0 Å². The van der Waals surface area contributed by atoms with Gasteiger partial charge >= 0.3 is 0 Å². The lowest BCUT2D eigenvalue weighted by Gasteiger charge is -2.26. The first-order valence-corrected chi connectivity index (χ1v) is 26.8. The number of fused-ring (bicyclic) bond motifs is 8. The van der Waals surface area contributed by atoms with Crippen molar-refractivity contribution in [2.75, 3.05) is 4.90 Å². The number of nitrogens with zero attached hydrogens (tertiary/aromatic N) is 5. The highest BCUT2D eigenvalue weighted by atomic mass is 32.1. The summed E-state index contributed by atoms with van der Waals surface area (Å²) in [5, 5.41) is 6.83. The Hall–Kier alpha value is -9.40. The van der Waals surface area contributed by atoms with Gasteiger partial charge in [-0.15, -0.1) is 22.7 Å². The molecule has 15 aromatic rings. The fraction of sp³-hybridized carbons (Fsp3) is 0. The lowest BCUT2D eigenvalue weighted by molar-refractivity contribution is 1.18. The summed E-state index contributed by atoms with van der Waals surface area (Å²) in [6.07, 6.45) is 0. The first-order chi connectivity index (χ1) is 37.1. The summed E-state index contributed by atoms with van der Waals surface area (Å²) in [4.78, 5) is 12.3. The van der Waals surface area contributed by atoms with Crippen LogP contribution in [0.4, 0.5) is 17.1 Å². The van der Waals surface area contributed by atoms with Crippen molar-refractivity contribution in [3.8, 4) is 54.8 Å². The van der Waals surface area contributed by atoms with Crippen LogP contribution < -0.4 is 4.90 Å². The van der Waals surface area contributed by atoms with Crippen LogP contribution in [-0.4, -0.2) is 19.1 Å². The first-order valence-electron chi connectivity index (χ1n) is 25.2. The number of para-hydroxylation sites is 4. The van der Waals surface area contributed by atoms with Gasteiger partial charge in [-0.05, 0) is 156 Å². The maximum absolute atomic E-state index is 4.95. The zero-order valence-corrected chi connectivity index (χ0v) is 42.0. The minimum absolute atomic E-state index is 1.03. The molecule has 75 heavy (non-hydrogen) atoms. The molecule has 0 unspecified atom stereocenters. The molecule has 4 aromatic heterocycles. The highest BCUT2D eigenvalue weighted by Gasteiger charge is 2.21. The third-order valence-electron chi connectivity index (χ3n) is 14.6. The summed E-state index contributed by atoms with van der Waals surface area (Å²) in [6.45, 7) is 0. The number of rotatable bonds is 9. The topological polar surface area (TPSA) is 38.9 Å². The maximum atomic E-state index is 4.95. The van der Waals surface area contributed by atoms with Gasteiger partial charge in [0.2, 0.25) is 0 Å². The average molecular weight is 994 g/mol. The Labute approximate surface area is 440 Å². The van der Waals surface area contributed by atoms with E-state index in [0.717, 1.165) is 82.7 Å². The van der Waals surface area contributed by atoms with Crippen LogP contribution in [-0.2, 0) is 0 Å². The molecule has 0 spiro atoms. The molecule has 0 atom stereocenters. The van der Waals surface area contributed by atoms with E-state index in [4.69, 9.17) is 9.97 Å². The molecule has 15 rings (SSSR count). The largest absolute Gasteiger partial charge is 0.310 e. The third kappa shape index (κ3) is 7.43. The fourth-order valence-corrected chi connectivity index (χ4v) is 12.9. The Morgan fingerprint density at radius 2 is 0.640 bits per heavy atom. The second kappa shape index (κ2) is 17.7. The summed E-state index contributed by atoms with van der Waals surface area (Å²) >= 11 is 3.47. The molecular formula is C68H43N5S2. The highest BCUT2D eigenvalue weighted by Crippen LogP contribution is 2.44. The number of anilines is 3. The van der Waals surface area contributed by atoms with E-state index in [2.05, 4.69) is 275 Å². The second-order valence-electron chi connectivity index (χ2n) is 19.0. The van der Waals surface area contributed by atoms with Crippen molar-refractivity contribution in [1.82, 2.24) is 19.1 Å². The molecule has 0 aliphatic rings. The van der Waals surface area contributed by atoms with Crippen molar-refractivity contribution in [1.29, 1.82) is 0 Å². The molecule has 0 saturated heterocycles. The lowest BCUT2D eigenvalue weighted by atomic mass is 10.00. The van der Waals surface area contributed by atoms with E-state index in [1.54, 1.807) is 22.7 Å².